The molecule has 5 rings (SSSR count). The molecule has 2 N–H and O–H groups in total. The van der Waals surface area contributed by atoms with E-state index in [1.165, 1.54) is 0 Å². The molecule has 0 radical (unpaired) electrons. The third-order valence-electron chi connectivity index (χ3n) is 5.81. The van der Waals surface area contributed by atoms with E-state index >= 15 is 0 Å². The average molecular weight is 413 g/mol. The van der Waals surface area contributed by atoms with Crippen molar-refractivity contribution < 1.29 is 4.79 Å². The number of aryl methyl sites for hydroxylation is 1. The number of carbonyl (C=O) groups is 1. The van der Waals surface area contributed by atoms with Crippen molar-refractivity contribution in [2.45, 2.75) is 18.8 Å². The van der Waals surface area contributed by atoms with Crippen LogP contribution in [0.25, 0.3) is 16.4 Å². The summed E-state index contributed by atoms with van der Waals surface area (Å²) < 4.78 is 1.92. The Balaban J connectivity index is 1.79. The predicted octanol–water partition coefficient (Wildman–Crippen LogP) is 4.27. The second-order valence-electron chi connectivity index (χ2n) is 7.50. The smallest absolute Gasteiger partial charge is 0.233 e. The lowest BCUT2D eigenvalue weighted by Gasteiger charge is -2.32. The zero-order chi connectivity index (χ0) is 20.7. The maximum Gasteiger partial charge on any atom is 0.233 e. The highest BCUT2D eigenvalue weighted by Gasteiger charge is 2.43. The zero-order valence-corrected chi connectivity index (χ0v) is 17.3. The number of benzene rings is 1. The van der Waals surface area contributed by atoms with E-state index in [2.05, 4.69) is 21.4 Å². The van der Waals surface area contributed by atoms with Gasteiger partial charge in [0, 0.05) is 42.3 Å². The van der Waals surface area contributed by atoms with Crippen LogP contribution in [0.1, 0.15) is 22.4 Å². The van der Waals surface area contributed by atoms with Crippen LogP contribution in [0.3, 0.4) is 0 Å². The van der Waals surface area contributed by atoms with Crippen molar-refractivity contribution in [3.05, 3.63) is 100 Å². The first-order valence-electron chi connectivity index (χ1n) is 9.68. The molecule has 1 amide bonds. The van der Waals surface area contributed by atoms with Crippen LogP contribution in [-0.4, -0.2) is 20.3 Å². The molecule has 4 aromatic heterocycles. The molecule has 148 valence electrons. The number of rotatable bonds is 5. The SMILES string of the molecule is Cc1cscc1C(Cc1nccc2ccccc12)(C(N)=O)c1ccc2nccn2c1. The number of hydrogen-bond acceptors (Lipinski definition) is 4. The summed E-state index contributed by atoms with van der Waals surface area (Å²) >= 11 is 1.58. The van der Waals surface area contributed by atoms with E-state index in [1.807, 2.05) is 65.5 Å². The second kappa shape index (κ2) is 7.07. The maximum absolute atomic E-state index is 13.3. The van der Waals surface area contributed by atoms with Crippen LogP contribution in [0, 0.1) is 6.92 Å². The fourth-order valence-corrected chi connectivity index (χ4v) is 5.18. The summed E-state index contributed by atoms with van der Waals surface area (Å²) in [5, 5.41) is 6.21. The van der Waals surface area contributed by atoms with E-state index in [1.54, 1.807) is 23.7 Å². The van der Waals surface area contributed by atoms with Crippen LogP contribution < -0.4 is 5.73 Å². The standard InChI is InChI=1S/C24H20N4OS/c1-16-14-30-15-20(16)24(23(25)29,18-6-7-22-27-10-11-28(22)13-18)12-21-19-5-3-2-4-17(19)8-9-26-21/h2-11,13-15H,12H2,1H3,(H2,25,29). The molecule has 4 heterocycles. The van der Waals surface area contributed by atoms with Gasteiger partial charge in [-0.3, -0.25) is 9.78 Å². The Morgan fingerprint density at radius 2 is 1.97 bits per heavy atom. The number of amides is 1. The number of primary amides is 1. The summed E-state index contributed by atoms with van der Waals surface area (Å²) in [5.74, 6) is -0.391. The molecule has 30 heavy (non-hydrogen) atoms. The van der Waals surface area contributed by atoms with Crippen molar-refractivity contribution in [1.82, 2.24) is 14.4 Å². The molecule has 0 saturated heterocycles. The van der Waals surface area contributed by atoms with Gasteiger partial charge >= 0.3 is 0 Å². The lowest BCUT2D eigenvalue weighted by molar-refractivity contribution is -0.122. The van der Waals surface area contributed by atoms with Gasteiger partial charge in [0.1, 0.15) is 11.1 Å². The average Bonchev–Trinajstić information content (AvgIpc) is 3.40. The van der Waals surface area contributed by atoms with E-state index < -0.39 is 11.3 Å². The highest BCUT2D eigenvalue weighted by atomic mass is 32.1. The van der Waals surface area contributed by atoms with Crippen molar-refractivity contribution in [2.24, 2.45) is 5.73 Å². The van der Waals surface area contributed by atoms with Crippen LogP contribution in [0.2, 0.25) is 0 Å². The number of pyridine rings is 2. The Labute approximate surface area is 177 Å². The number of thiophene rings is 1. The van der Waals surface area contributed by atoms with E-state index in [0.717, 1.165) is 38.8 Å². The summed E-state index contributed by atoms with van der Waals surface area (Å²) in [6.45, 7) is 2.02. The van der Waals surface area contributed by atoms with Gasteiger partial charge < -0.3 is 10.1 Å². The van der Waals surface area contributed by atoms with Gasteiger partial charge in [-0.25, -0.2) is 4.98 Å². The Bertz CT molecular complexity index is 1380. The van der Waals surface area contributed by atoms with Crippen LogP contribution in [0.4, 0.5) is 0 Å². The number of nitrogens with two attached hydrogens (primary N) is 1. The molecule has 0 bridgehead atoms. The number of fused-ring (bicyclic) bond motifs is 2. The number of hydrogen-bond donors (Lipinski definition) is 1. The van der Waals surface area contributed by atoms with Gasteiger partial charge in [-0.1, -0.05) is 30.3 Å². The predicted molar refractivity (Wildman–Crippen MR) is 120 cm³/mol. The van der Waals surface area contributed by atoms with Crippen molar-refractivity contribution in [2.75, 3.05) is 0 Å². The number of carbonyl (C=O) groups excluding carboxylic acids is 1. The van der Waals surface area contributed by atoms with Crippen molar-refractivity contribution in [3.8, 4) is 0 Å². The Morgan fingerprint density at radius 3 is 2.77 bits per heavy atom. The van der Waals surface area contributed by atoms with Gasteiger partial charge in [0.2, 0.25) is 5.91 Å². The lowest BCUT2D eigenvalue weighted by atomic mass is 9.70. The summed E-state index contributed by atoms with van der Waals surface area (Å²) in [5.41, 5.74) is 9.62. The first kappa shape index (κ1) is 18.5. The van der Waals surface area contributed by atoms with Gasteiger partial charge in [0.15, 0.2) is 0 Å². The summed E-state index contributed by atoms with van der Waals surface area (Å²) in [7, 11) is 0. The molecular formula is C24H20N4OS. The molecular weight excluding hydrogens is 392 g/mol. The maximum atomic E-state index is 13.3. The van der Waals surface area contributed by atoms with Gasteiger partial charge in [0.05, 0.1) is 0 Å². The quantitative estimate of drug-likeness (QED) is 0.469. The lowest BCUT2D eigenvalue weighted by Crippen LogP contribution is -2.44. The van der Waals surface area contributed by atoms with E-state index in [0.29, 0.717) is 6.42 Å². The zero-order valence-electron chi connectivity index (χ0n) is 16.4. The molecule has 0 aliphatic rings. The minimum Gasteiger partial charge on any atom is -0.369 e. The Morgan fingerprint density at radius 1 is 1.10 bits per heavy atom. The molecule has 5 aromatic rings. The normalized spacial score (nSPS) is 13.5. The van der Waals surface area contributed by atoms with Gasteiger partial charge in [-0.2, -0.15) is 11.3 Å². The van der Waals surface area contributed by atoms with E-state index in [-0.39, 0.29) is 0 Å². The molecule has 0 spiro atoms. The molecule has 0 aliphatic heterocycles. The molecule has 0 aliphatic carbocycles. The molecule has 0 saturated carbocycles. The highest BCUT2D eigenvalue weighted by molar-refractivity contribution is 7.08. The first-order chi connectivity index (χ1) is 14.6. The van der Waals surface area contributed by atoms with Crippen LogP contribution in [0.15, 0.2) is 78.0 Å². The van der Waals surface area contributed by atoms with Crippen LogP contribution in [0.5, 0.6) is 0 Å². The molecule has 1 aromatic carbocycles. The minimum atomic E-state index is -1.04. The van der Waals surface area contributed by atoms with Gasteiger partial charge in [-0.15, -0.1) is 0 Å². The topological polar surface area (TPSA) is 73.3 Å². The van der Waals surface area contributed by atoms with Crippen LogP contribution in [-0.2, 0) is 16.6 Å². The largest absolute Gasteiger partial charge is 0.369 e. The number of imidazole rings is 1. The van der Waals surface area contributed by atoms with E-state index in [4.69, 9.17) is 5.73 Å². The Kier molecular flexibility index (Phi) is 4.37. The second-order valence-corrected chi connectivity index (χ2v) is 8.25. The molecule has 0 fully saturated rings. The number of aromatic nitrogens is 3. The summed E-state index contributed by atoms with van der Waals surface area (Å²) in [6.07, 6.45) is 7.74. The van der Waals surface area contributed by atoms with E-state index in [9.17, 15) is 4.79 Å². The fraction of sp³-hybridized carbons (Fsp3) is 0.125. The summed E-state index contributed by atoms with van der Waals surface area (Å²) in [4.78, 5) is 22.3. The third-order valence-corrected chi connectivity index (χ3v) is 6.67. The third kappa shape index (κ3) is 2.80. The van der Waals surface area contributed by atoms with Crippen molar-refractivity contribution in [3.63, 3.8) is 0 Å². The van der Waals surface area contributed by atoms with Crippen molar-refractivity contribution >= 4 is 33.7 Å². The fourth-order valence-electron chi connectivity index (χ4n) is 4.26. The monoisotopic (exact) mass is 412 g/mol. The molecule has 5 nitrogen and oxygen atoms in total. The minimum absolute atomic E-state index is 0.376. The number of nitrogens with zero attached hydrogens (tertiary/aromatic N) is 3. The van der Waals surface area contributed by atoms with Gasteiger partial charge in [-0.05, 0) is 51.9 Å². The Hall–Kier alpha value is -3.51. The summed E-state index contributed by atoms with van der Waals surface area (Å²) in [6, 6.07) is 14.0. The molecule has 1 atom stereocenters. The highest BCUT2D eigenvalue weighted by Crippen LogP contribution is 2.40. The first-order valence-corrected chi connectivity index (χ1v) is 10.6. The van der Waals surface area contributed by atoms with Crippen molar-refractivity contribution in [1.29, 1.82) is 0 Å². The van der Waals surface area contributed by atoms with Gasteiger partial charge in [0.25, 0.3) is 0 Å². The molecule has 6 heteroatoms. The van der Waals surface area contributed by atoms with Crippen LogP contribution >= 0.6 is 11.3 Å². The molecule has 1 unspecified atom stereocenters.